The Hall–Kier alpha value is -3.02. The number of amides is 2. The number of carbonyl (C=O) groups excluding carboxylic acids is 2. The summed E-state index contributed by atoms with van der Waals surface area (Å²) in [6.45, 7) is 4.21. The summed E-state index contributed by atoms with van der Waals surface area (Å²) < 4.78 is 0. The van der Waals surface area contributed by atoms with Crippen LogP contribution in [0.3, 0.4) is 0 Å². The summed E-state index contributed by atoms with van der Waals surface area (Å²) in [7, 11) is 0. The fourth-order valence-corrected chi connectivity index (χ4v) is 4.30. The Balaban J connectivity index is 1.71. The van der Waals surface area contributed by atoms with Gasteiger partial charge in [0.05, 0.1) is 5.69 Å². The molecular weight excluding hydrogens is 428 g/mol. The van der Waals surface area contributed by atoms with E-state index in [9.17, 15) is 9.59 Å². The van der Waals surface area contributed by atoms with Gasteiger partial charge in [-0.2, -0.15) is 0 Å². The SMILES string of the molecule is CC(C)c1ccc(N2C(=O)C(Nc3ccccc3)=C(Sc3ccc(Cl)cc3)C2=O)cc1. The molecule has 3 aromatic rings. The van der Waals surface area contributed by atoms with Crippen molar-refractivity contribution in [2.75, 3.05) is 10.2 Å². The van der Waals surface area contributed by atoms with Gasteiger partial charge in [-0.15, -0.1) is 0 Å². The first kappa shape index (κ1) is 21.2. The molecule has 0 saturated heterocycles. The van der Waals surface area contributed by atoms with Crippen LogP contribution in [0.4, 0.5) is 11.4 Å². The zero-order valence-electron chi connectivity index (χ0n) is 17.1. The van der Waals surface area contributed by atoms with Crippen LogP contribution in [0, 0.1) is 0 Å². The normalized spacial score (nSPS) is 14.0. The highest BCUT2D eigenvalue weighted by molar-refractivity contribution is 8.04. The number of nitrogens with zero attached hydrogens (tertiary/aromatic N) is 1. The van der Waals surface area contributed by atoms with Gasteiger partial charge in [0.2, 0.25) is 0 Å². The monoisotopic (exact) mass is 448 g/mol. The highest BCUT2D eigenvalue weighted by Crippen LogP contribution is 2.38. The van der Waals surface area contributed by atoms with E-state index in [1.54, 1.807) is 12.1 Å². The summed E-state index contributed by atoms with van der Waals surface area (Å²) in [5.74, 6) is -0.355. The predicted molar refractivity (Wildman–Crippen MR) is 127 cm³/mol. The molecule has 4 nitrogen and oxygen atoms in total. The summed E-state index contributed by atoms with van der Waals surface area (Å²) in [5, 5.41) is 3.77. The van der Waals surface area contributed by atoms with E-state index < -0.39 is 0 Å². The number of nitrogens with one attached hydrogen (secondary N) is 1. The predicted octanol–water partition coefficient (Wildman–Crippen LogP) is 6.45. The van der Waals surface area contributed by atoms with Crippen LogP contribution < -0.4 is 10.2 Å². The second-order valence-electron chi connectivity index (χ2n) is 7.44. The highest BCUT2D eigenvalue weighted by atomic mass is 35.5. The molecule has 0 unspecified atom stereocenters. The third-order valence-electron chi connectivity index (χ3n) is 4.94. The summed E-state index contributed by atoms with van der Waals surface area (Å²) in [4.78, 5) is 29.1. The van der Waals surface area contributed by atoms with Gasteiger partial charge in [0.25, 0.3) is 11.8 Å². The van der Waals surface area contributed by atoms with Crippen molar-refractivity contribution in [2.24, 2.45) is 0 Å². The maximum absolute atomic E-state index is 13.4. The standard InChI is InChI=1S/C25H21ClN2O2S/c1-16(2)17-8-12-20(13-9-17)28-24(29)22(27-19-6-4-3-5-7-19)23(25(28)30)31-21-14-10-18(26)11-15-21/h3-16,27H,1-2H3. The van der Waals surface area contributed by atoms with Crippen LogP contribution in [0.15, 0.2) is 94.4 Å². The van der Waals surface area contributed by atoms with E-state index in [1.807, 2.05) is 66.7 Å². The summed E-state index contributed by atoms with van der Waals surface area (Å²) >= 11 is 7.24. The third-order valence-corrected chi connectivity index (χ3v) is 6.28. The van der Waals surface area contributed by atoms with Crippen LogP contribution in [0.25, 0.3) is 0 Å². The molecule has 3 aromatic carbocycles. The van der Waals surface area contributed by atoms with Gasteiger partial charge in [-0.1, -0.05) is 67.5 Å². The zero-order valence-corrected chi connectivity index (χ0v) is 18.7. The van der Waals surface area contributed by atoms with Gasteiger partial charge in [0, 0.05) is 15.6 Å². The first-order valence-electron chi connectivity index (χ1n) is 9.92. The van der Waals surface area contributed by atoms with Crippen LogP contribution in [-0.2, 0) is 9.59 Å². The molecule has 0 aromatic heterocycles. The average molecular weight is 449 g/mol. The molecule has 1 aliphatic rings. The minimum absolute atomic E-state index is 0.268. The molecule has 6 heteroatoms. The van der Waals surface area contributed by atoms with Gasteiger partial charge >= 0.3 is 0 Å². The van der Waals surface area contributed by atoms with Crippen molar-refractivity contribution in [1.29, 1.82) is 0 Å². The Bertz CT molecular complexity index is 1140. The second kappa shape index (κ2) is 9.00. The van der Waals surface area contributed by atoms with E-state index in [4.69, 9.17) is 11.6 Å². The number of hydrogen-bond acceptors (Lipinski definition) is 4. The number of carbonyl (C=O) groups is 2. The number of para-hydroxylation sites is 1. The zero-order chi connectivity index (χ0) is 22.0. The van der Waals surface area contributed by atoms with Crippen molar-refractivity contribution in [3.8, 4) is 0 Å². The highest BCUT2D eigenvalue weighted by Gasteiger charge is 2.40. The molecule has 1 aliphatic heterocycles. The lowest BCUT2D eigenvalue weighted by Gasteiger charge is -2.16. The molecule has 0 atom stereocenters. The molecule has 0 aliphatic carbocycles. The second-order valence-corrected chi connectivity index (χ2v) is 8.96. The van der Waals surface area contributed by atoms with E-state index in [2.05, 4.69) is 19.2 Å². The molecule has 0 fully saturated rings. The van der Waals surface area contributed by atoms with Crippen molar-refractivity contribution < 1.29 is 9.59 Å². The first-order chi connectivity index (χ1) is 14.9. The lowest BCUT2D eigenvalue weighted by atomic mass is 10.0. The maximum Gasteiger partial charge on any atom is 0.283 e. The number of benzene rings is 3. The molecule has 1 N–H and O–H groups in total. The lowest BCUT2D eigenvalue weighted by Crippen LogP contribution is -2.32. The summed E-state index contributed by atoms with van der Waals surface area (Å²) in [5.41, 5.74) is 2.71. The largest absolute Gasteiger partial charge is 0.350 e. The third kappa shape index (κ3) is 4.53. The van der Waals surface area contributed by atoms with Gasteiger partial charge in [-0.25, -0.2) is 4.90 Å². The number of thioether (sulfide) groups is 1. The van der Waals surface area contributed by atoms with Crippen molar-refractivity contribution in [1.82, 2.24) is 0 Å². The topological polar surface area (TPSA) is 49.4 Å². The summed E-state index contributed by atoms with van der Waals surface area (Å²) in [6, 6.07) is 24.1. The Morgan fingerprint density at radius 1 is 0.839 bits per heavy atom. The molecule has 0 bridgehead atoms. The fraction of sp³-hybridized carbons (Fsp3) is 0.120. The van der Waals surface area contributed by atoms with Gasteiger partial charge < -0.3 is 5.32 Å². The van der Waals surface area contributed by atoms with Crippen molar-refractivity contribution in [3.63, 3.8) is 0 Å². The van der Waals surface area contributed by atoms with Gasteiger partial charge in [-0.05, 0) is 60.0 Å². The van der Waals surface area contributed by atoms with Crippen molar-refractivity contribution >= 4 is 46.6 Å². The molecule has 2 amide bonds. The quantitative estimate of drug-likeness (QED) is 0.440. The number of hydrogen-bond donors (Lipinski definition) is 1. The summed E-state index contributed by atoms with van der Waals surface area (Å²) in [6.07, 6.45) is 0. The molecule has 0 spiro atoms. The molecule has 0 radical (unpaired) electrons. The Labute approximate surface area is 190 Å². The Morgan fingerprint density at radius 2 is 1.48 bits per heavy atom. The van der Waals surface area contributed by atoms with E-state index in [0.717, 1.165) is 16.1 Å². The van der Waals surface area contributed by atoms with Crippen LogP contribution in [0.1, 0.15) is 25.3 Å². The number of imide groups is 1. The van der Waals surface area contributed by atoms with Crippen LogP contribution in [0.5, 0.6) is 0 Å². The Morgan fingerprint density at radius 3 is 2.10 bits per heavy atom. The maximum atomic E-state index is 13.4. The van der Waals surface area contributed by atoms with Crippen molar-refractivity contribution in [3.05, 3.63) is 100 Å². The van der Waals surface area contributed by atoms with Gasteiger partial charge in [0.15, 0.2) is 0 Å². The van der Waals surface area contributed by atoms with Crippen LogP contribution in [0.2, 0.25) is 5.02 Å². The van der Waals surface area contributed by atoms with E-state index in [1.165, 1.54) is 16.7 Å². The van der Waals surface area contributed by atoms with Crippen LogP contribution >= 0.6 is 23.4 Å². The van der Waals surface area contributed by atoms with E-state index in [0.29, 0.717) is 21.5 Å². The smallest absolute Gasteiger partial charge is 0.283 e. The molecule has 31 heavy (non-hydrogen) atoms. The van der Waals surface area contributed by atoms with E-state index >= 15 is 0 Å². The first-order valence-corrected chi connectivity index (χ1v) is 11.1. The average Bonchev–Trinajstić information content (AvgIpc) is 3.00. The fourth-order valence-electron chi connectivity index (χ4n) is 3.24. The molecule has 156 valence electrons. The molecular formula is C25H21ClN2O2S. The number of anilines is 2. The lowest BCUT2D eigenvalue weighted by molar-refractivity contribution is -0.120. The van der Waals surface area contributed by atoms with Gasteiger partial charge in [0.1, 0.15) is 10.6 Å². The minimum atomic E-state index is -0.373. The Kier molecular flexibility index (Phi) is 6.16. The molecule has 4 rings (SSSR count). The molecule has 0 saturated carbocycles. The van der Waals surface area contributed by atoms with Crippen molar-refractivity contribution in [2.45, 2.75) is 24.7 Å². The number of rotatable bonds is 6. The van der Waals surface area contributed by atoms with Crippen LogP contribution in [-0.4, -0.2) is 11.8 Å². The van der Waals surface area contributed by atoms with Gasteiger partial charge in [-0.3, -0.25) is 9.59 Å². The van der Waals surface area contributed by atoms with E-state index in [-0.39, 0.29) is 17.5 Å². The number of halogens is 1. The minimum Gasteiger partial charge on any atom is -0.350 e. The molecule has 1 heterocycles.